The molecule has 2 heteroatoms. The van der Waals surface area contributed by atoms with E-state index in [1.54, 1.807) is 11.3 Å². The maximum absolute atomic E-state index is 3.63. The fraction of sp³-hybridized carbons (Fsp3) is 0.692. The SMILES string of the molecule is CCCNC(CC)C(C)Cc1ccsc1. The Morgan fingerprint density at radius 3 is 2.73 bits per heavy atom. The number of nitrogens with one attached hydrogen (secondary N) is 1. The predicted octanol–water partition coefficient (Wildman–Crippen LogP) is 3.70. The minimum Gasteiger partial charge on any atom is -0.314 e. The van der Waals surface area contributed by atoms with Crippen LogP contribution < -0.4 is 5.32 Å². The minimum atomic E-state index is 0.671. The van der Waals surface area contributed by atoms with Crippen LogP contribution in [0.2, 0.25) is 0 Å². The molecular formula is C13H23NS. The second-order valence-corrected chi connectivity index (χ2v) is 5.06. The molecule has 86 valence electrons. The normalized spacial score (nSPS) is 15.1. The summed E-state index contributed by atoms with van der Waals surface area (Å²) in [4.78, 5) is 0. The average molecular weight is 225 g/mol. The summed E-state index contributed by atoms with van der Waals surface area (Å²) in [6.07, 6.45) is 3.66. The summed E-state index contributed by atoms with van der Waals surface area (Å²) in [5.41, 5.74) is 1.49. The average Bonchev–Trinajstić information content (AvgIpc) is 2.71. The molecule has 0 aliphatic carbocycles. The van der Waals surface area contributed by atoms with Crippen molar-refractivity contribution in [1.82, 2.24) is 5.32 Å². The van der Waals surface area contributed by atoms with E-state index in [1.807, 2.05) is 0 Å². The molecule has 0 saturated heterocycles. The summed E-state index contributed by atoms with van der Waals surface area (Å²) in [6, 6.07) is 2.91. The van der Waals surface area contributed by atoms with Crippen LogP contribution in [-0.4, -0.2) is 12.6 Å². The lowest BCUT2D eigenvalue weighted by Gasteiger charge is -2.23. The first kappa shape index (κ1) is 12.7. The fourth-order valence-electron chi connectivity index (χ4n) is 2.00. The van der Waals surface area contributed by atoms with Crippen LogP contribution in [-0.2, 0) is 6.42 Å². The van der Waals surface area contributed by atoms with Crippen LogP contribution in [0, 0.1) is 5.92 Å². The molecule has 1 N–H and O–H groups in total. The highest BCUT2D eigenvalue weighted by atomic mass is 32.1. The fourth-order valence-corrected chi connectivity index (χ4v) is 2.68. The van der Waals surface area contributed by atoms with Gasteiger partial charge in [0.05, 0.1) is 0 Å². The van der Waals surface area contributed by atoms with Gasteiger partial charge < -0.3 is 5.32 Å². The Morgan fingerprint density at radius 2 is 2.20 bits per heavy atom. The highest BCUT2D eigenvalue weighted by Crippen LogP contribution is 2.16. The van der Waals surface area contributed by atoms with Gasteiger partial charge in [0.25, 0.3) is 0 Å². The first-order chi connectivity index (χ1) is 7.27. The Bertz CT molecular complexity index is 243. The van der Waals surface area contributed by atoms with Crippen molar-refractivity contribution in [2.45, 2.75) is 46.1 Å². The second-order valence-electron chi connectivity index (χ2n) is 4.28. The molecule has 0 radical (unpaired) electrons. The van der Waals surface area contributed by atoms with Gasteiger partial charge in [0.1, 0.15) is 0 Å². The molecule has 1 heterocycles. The molecule has 0 aliphatic rings. The Balaban J connectivity index is 2.39. The zero-order valence-electron chi connectivity index (χ0n) is 10.1. The molecule has 0 fully saturated rings. The van der Waals surface area contributed by atoms with Crippen molar-refractivity contribution in [1.29, 1.82) is 0 Å². The lowest BCUT2D eigenvalue weighted by atomic mass is 9.93. The quantitative estimate of drug-likeness (QED) is 0.746. The van der Waals surface area contributed by atoms with Crippen LogP contribution in [0.3, 0.4) is 0 Å². The van der Waals surface area contributed by atoms with Gasteiger partial charge >= 0.3 is 0 Å². The summed E-state index contributed by atoms with van der Waals surface area (Å²) in [6.45, 7) is 8.00. The molecule has 2 unspecified atom stereocenters. The molecular weight excluding hydrogens is 202 g/mol. The molecule has 1 aromatic rings. The summed E-state index contributed by atoms with van der Waals surface area (Å²) < 4.78 is 0. The standard InChI is InChI=1S/C13H23NS/c1-4-7-14-13(5-2)11(3)9-12-6-8-15-10-12/h6,8,10-11,13-14H,4-5,7,9H2,1-3H3. The maximum atomic E-state index is 3.63. The van der Waals surface area contributed by atoms with Crippen molar-refractivity contribution >= 4 is 11.3 Å². The second kappa shape index (κ2) is 7.02. The van der Waals surface area contributed by atoms with Gasteiger partial charge in [0.2, 0.25) is 0 Å². The van der Waals surface area contributed by atoms with Gasteiger partial charge in [-0.05, 0) is 54.1 Å². The van der Waals surface area contributed by atoms with E-state index < -0.39 is 0 Å². The van der Waals surface area contributed by atoms with Gasteiger partial charge in [-0.1, -0.05) is 20.8 Å². The largest absolute Gasteiger partial charge is 0.314 e. The summed E-state index contributed by atoms with van der Waals surface area (Å²) in [5.74, 6) is 0.733. The van der Waals surface area contributed by atoms with Crippen molar-refractivity contribution in [3.8, 4) is 0 Å². The van der Waals surface area contributed by atoms with Crippen LogP contribution in [0.4, 0.5) is 0 Å². The molecule has 0 amide bonds. The minimum absolute atomic E-state index is 0.671. The van der Waals surface area contributed by atoms with Gasteiger partial charge in [0.15, 0.2) is 0 Å². The van der Waals surface area contributed by atoms with Crippen molar-refractivity contribution in [2.24, 2.45) is 5.92 Å². The van der Waals surface area contributed by atoms with Gasteiger partial charge in [0, 0.05) is 6.04 Å². The molecule has 0 saturated carbocycles. The molecule has 0 aromatic carbocycles. The Kier molecular flexibility index (Phi) is 5.96. The highest BCUT2D eigenvalue weighted by Gasteiger charge is 2.14. The summed E-state index contributed by atoms with van der Waals surface area (Å²) >= 11 is 1.80. The van der Waals surface area contributed by atoms with Crippen molar-refractivity contribution in [2.75, 3.05) is 6.54 Å². The van der Waals surface area contributed by atoms with E-state index in [2.05, 4.69) is 42.9 Å². The van der Waals surface area contributed by atoms with E-state index in [0.29, 0.717) is 6.04 Å². The third kappa shape index (κ3) is 4.35. The number of hydrogen-bond acceptors (Lipinski definition) is 2. The zero-order valence-corrected chi connectivity index (χ0v) is 10.9. The van der Waals surface area contributed by atoms with E-state index in [9.17, 15) is 0 Å². The highest BCUT2D eigenvalue weighted by molar-refractivity contribution is 7.07. The molecule has 1 nitrogen and oxygen atoms in total. The van der Waals surface area contributed by atoms with E-state index >= 15 is 0 Å². The molecule has 0 aliphatic heterocycles. The van der Waals surface area contributed by atoms with Gasteiger partial charge in [-0.15, -0.1) is 0 Å². The third-order valence-electron chi connectivity index (χ3n) is 2.92. The number of thiophene rings is 1. The zero-order chi connectivity index (χ0) is 11.1. The molecule has 0 spiro atoms. The smallest absolute Gasteiger partial charge is 0.00932 e. The van der Waals surface area contributed by atoms with Gasteiger partial charge in [-0.2, -0.15) is 11.3 Å². The van der Waals surface area contributed by atoms with E-state index in [1.165, 1.54) is 24.8 Å². The maximum Gasteiger partial charge on any atom is 0.00932 e. The Morgan fingerprint density at radius 1 is 1.40 bits per heavy atom. The summed E-state index contributed by atoms with van der Waals surface area (Å²) in [7, 11) is 0. The first-order valence-corrected chi connectivity index (χ1v) is 6.96. The topological polar surface area (TPSA) is 12.0 Å². The molecule has 1 aromatic heterocycles. The Labute approximate surface area is 97.9 Å². The van der Waals surface area contributed by atoms with Crippen molar-refractivity contribution in [3.05, 3.63) is 22.4 Å². The van der Waals surface area contributed by atoms with Gasteiger partial charge in [-0.3, -0.25) is 0 Å². The lowest BCUT2D eigenvalue weighted by Crippen LogP contribution is -2.35. The van der Waals surface area contributed by atoms with Crippen LogP contribution in [0.15, 0.2) is 16.8 Å². The van der Waals surface area contributed by atoms with Crippen LogP contribution in [0.25, 0.3) is 0 Å². The van der Waals surface area contributed by atoms with E-state index in [0.717, 1.165) is 12.5 Å². The van der Waals surface area contributed by atoms with Crippen molar-refractivity contribution in [3.63, 3.8) is 0 Å². The molecule has 0 bridgehead atoms. The monoisotopic (exact) mass is 225 g/mol. The van der Waals surface area contributed by atoms with Crippen LogP contribution in [0.1, 0.15) is 39.2 Å². The third-order valence-corrected chi connectivity index (χ3v) is 3.65. The first-order valence-electron chi connectivity index (χ1n) is 6.02. The van der Waals surface area contributed by atoms with Crippen LogP contribution in [0.5, 0.6) is 0 Å². The molecule has 2 atom stereocenters. The van der Waals surface area contributed by atoms with Crippen molar-refractivity contribution < 1.29 is 0 Å². The Hall–Kier alpha value is -0.340. The number of rotatable bonds is 7. The molecule has 15 heavy (non-hydrogen) atoms. The number of hydrogen-bond donors (Lipinski definition) is 1. The van der Waals surface area contributed by atoms with E-state index in [-0.39, 0.29) is 0 Å². The van der Waals surface area contributed by atoms with Gasteiger partial charge in [-0.25, -0.2) is 0 Å². The summed E-state index contributed by atoms with van der Waals surface area (Å²) in [5, 5.41) is 8.07. The van der Waals surface area contributed by atoms with E-state index in [4.69, 9.17) is 0 Å². The van der Waals surface area contributed by atoms with Crippen LogP contribution >= 0.6 is 11.3 Å². The lowest BCUT2D eigenvalue weighted by molar-refractivity contribution is 0.365. The molecule has 1 rings (SSSR count). The predicted molar refractivity (Wildman–Crippen MR) is 69.6 cm³/mol.